The Labute approximate surface area is 136 Å². The van der Waals surface area contributed by atoms with Crippen LogP contribution in [0.2, 0.25) is 0 Å². The standard InChI is InChI=1S/C22H29/c1-6-20-11-7-8-12-22(20)18(4)15-14-17(3)21-13-9-10-16(2)19(21)5/h7-13,17-18H,3,6,14-15H2,1-2,4-5H3. The summed E-state index contributed by atoms with van der Waals surface area (Å²) in [6.45, 7) is 13.4. The van der Waals surface area contributed by atoms with Crippen LogP contribution in [-0.4, -0.2) is 0 Å². The van der Waals surface area contributed by atoms with Crippen LogP contribution in [0.5, 0.6) is 0 Å². The predicted octanol–water partition coefficient (Wildman–Crippen LogP) is 6.37. The average Bonchev–Trinajstić information content (AvgIpc) is 2.54. The smallest absolute Gasteiger partial charge is 0.0159 e. The number of rotatable bonds is 6. The van der Waals surface area contributed by atoms with E-state index in [2.05, 4.69) is 77.1 Å². The second kappa shape index (κ2) is 7.63. The first kappa shape index (κ1) is 16.8. The van der Waals surface area contributed by atoms with Crippen molar-refractivity contribution in [2.24, 2.45) is 0 Å². The van der Waals surface area contributed by atoms with E-state index >= 15 is 0 Å². The van der Waals surface area contributed by atoms with Crippen molar-refractivity contribution in [3.05, 3.63) is 77.2 Å². The third kappa shape index (κ3) is 3.80. The summed E-state index contributed by atoms with van der Waals surface area (Å²) in [7, 11) is 0. The molecule has 2 rings (SSSR count). The minimum Gasteiger partial charge on any atom is -0.0620 e. The number of hydrogen-bond acceptors (Lipinski definition) is 0. The van der Waals surface area contributed by atoms with Gasteiger partial charge in [-0.2, -0.15) is 0 Å². The molecule has 0 aliphatic heterocycles. The van der Waals surface area contributed by atoms with Crippen LogP contribution in [0.4, 0.5) is 0 Å². The summed E-state index contributed by atoms with van der Waals surface area (Å²) < 4.78 is 0. The first-order valence-electron chi connectivity index (χ1n) is 8.51. The van der Waals surface area contributed by atoms with Crippen LogP contribution in [0.1, 0.15) is 66.3 Å². The molecule has 0 fully saturated rings. The molecule has 0 bridgehead atoms. The molecular weight excluding hydrogens is 264 g/mol. The van der Waals surface area contributed by atoms with Crippen molar-refractivity contribution in [2.45, 2.75) is 58.8 Å². The van der Waals surface area contributed by atoms with E-state index in [1.54, 1.807) is 0 Å². The Kier molecular flexibility index (Phi) is 5.83. The van der Waals surface area contributed by atoms with Gasteiger partial charge in [0.25, 0.3) is 0 Å². The molecule has 0 aromatic heterocycles. The predicted molar refractivity (Wildman–Crippen MR) is 97.5 cm³/mol. The van der Waals surface area contributed by atoms with E-state index < -0.39 is 0 Å². The summed E-state index contributed by atoms with van der Waals surface area (Å²) in [5.74, 6) is 0.988. The fourth-order valence-corrected chi connectivity index (χ4v) is 3.32. The molecule has 2 aromatic rings. The Morgan fingerprint density at radius 3 is 2.32 bits per heavy atom. The van der Waals surface area contributed by atoms with Gasteiger partial charge in [-0.25, -0.2) is 0 Å². The van der Waals surface area contributed by atoms with E-state index in [0.29, 0.717) is 11.8 Å². The Morgan fingerprint density at radius 2 is 1.59 bits per heavy atom. The molecule has 0 saturated heterocycles. The summed E-state index contributed by atoms with van der Waals surface area (Å²) in [5, 5.41) is 0. The van der Waals surface area contributed by atoms with Crippen molar-refractivity contribution >= 4 is 0 Å². The van der Waals surface area contributed by atoms with Gasteiger partial charge in [0.05, 0.1) is 0 Å². The van der Waals surface area contributed by atoms with E-state index in [4.69, 9.17) is 0 Å². The third-order valence-corrected chi connectivity index (χ3v) is 5.00. The lowest BCUT2D eigenvalue weighted by atomic mass is 9.85. The molecule has 0 nitrogen and oxygen atoms in total. The molecule has 0 saturated carbocycles. The molecule has 0 N–H and O–H groups in total. The monoisotopic (exact) mass is 293 g/mol. The van der Waals surface area contributed by atoms with Gasteiger partial charge >= 0.3 is 0 Å². The first-order chi connectivity index (χ1) is 10.5. The van der Waals surface area contributed by atoms with Gasteiger partial charge in [-0.05, 0) is 79.7 Å². The summed E-state index contributed by atoms with van der Waals surface area (Å²) in [6.07, 6.45) is 3.45. The molecule has 2 aromatic carbocycles. The van der Waals surface area contributed by atoms with Gasteiger partial charge in [0, 0.05) is 0 Å². The normalized spacial score (nSPS) is 13.9. The van der Waals surface area contributed by atoms with Crippen LogP contribution in [0.15, 0.2) is 42.5 Å². The van der Waals surface area contributed by atoms with Gasteiger partial charge < -0.3 is 0 Å². The molecule has 2 unspecified atom stereocenters. The van der Waals surface area contributed by atoms with Crippen molar-refractivity contribution in [1.29, 1.82) is 0 Å². The second-order valence-corrected chi connectivity index (χ2v) is 6.52. The molecule has 22 heavy (non-hydrogen) atoms. The maximum absolute atomic E-state index is 4.42. The van der Waals surface area contributed by atoms with Crippen molar-refractivity contribution < 1.29 is 0 Å². The van der Waals surface area contributed by atoms with Crippen LogP contribution < -0.4 is 0 Å². The molecule has 0 heteroatoms. The zero-order chi connectivity index (χ0) is 16.1. The van der Waals surface area contributed by atoms with Crippen molar-refractivity contribution in [3.63, 3.8) is 0 Å². The van der Waals surface area contributed by atoms with Crippen LogP contribution in [0, 0.1) is 20.8 Å². The highest BCUT2D eigenvalue weighted by Crippen LogP contribution is 2.31. The Morgan fingerprint density at radius 1 is 0.909 bits per heavy atom. The van der Waals surface area contributed by atoms with E-state index in [1.165, 1.54) is 34.2 Å². The molecule has 1 radical (unpaired) electrons. The highest BCUT2D eigenvalue weighted by Gasteiger charge is 2.14. The van der Waals surface area contributed by atoms with Gasteiger partial charge in [0.15, 0.2) is 0 Å². The number of benzene rings is 2. The van der Waals surface area contributed by atoms with Crippen LogP contribution in [0.25, 0.3) is 0 Å². The highest BCUT2D eigenvalue weighted by molar-refractivity contribution is 5.36. The number of hydrogen-bond donors (Lipinski definition) is 0. The van der Waals surface area contributed by atoms with Crippen LogP contribution >= 0.6 is 0 Å². The first-order valence-corrected chi connectivity index (χ1v) is 8.51. The lowest BCUT2D eigenvalue weighted by Gasteiger charge is -2.20. The maximum Gasteiger partial charge on any atom is -0.0159 e. The van der Waals surface area contributed by atoms with Crippen molar-refractivity contribution in [2.75, 3.05) is 0 Å². The van der Waals surface area contributed by atoms with E-state index in [1.807, 2.05) is 0 Å². The molecule has 0 spiro atoms. The quantitative estimate of drug-likeness (QED) is 0.580. The van der Waals surface area contributed by atoms with Gasteiger partial charge in [0.1, 0.15) is 0 Å². The third-order valence-electron chi connectivity index (χ3n) is 5.00. The zero-order valence-electron chi connectivity index (χ0n) is 14.5. The molecular formula is C22H29. The Bertz CT molecular complexity index is 609. The van der Waals surface area contributed by atoms with Crippen molar-refractivity contribution in [1.82, 2.24) is 0 Å². The minimum absolute atomic E-state index is 0.385. The highest BCUT2D eigenvalue weighted by atomic mass is 14.2. The van der Waals surface area contributed by atoms with Crippen LogP contribution in [-0.2, 0) is 6.42 Å². The summed E-state index contributed by atoms with van der Waals surface area (Å²) >= 11 is 0. The molecule has 0 heterocycles. The van der Waals surface area contributed by atoms with E-state index in [9.17, 15) is 0 Å². The second-order valence-electron chi connectivity index (χ2n) is 6.52. The van der Waals surface area contributed by atoms with Crippen LogP contribution in [0.3, 0.4) is 0 Å². The molecule has 2 atom stereocenters. The maximum atomic E-state index is 4.42. The average molecular weight is 293 g/mol. The fraction of sp³-hybridized carbons (Fsp3) is 0.409. The van der Waals surface area contributed by atoms with Gasteiger partial charge in [-0.3, -0.25) is 0 Å². The van der Waals surface area contributed by atoms with Gasteiger partial charge in [0.2, 0.25) is 0 Å². The largest absolute Gasteiger partial charge is 0.0620 e. The summed E-state index contributed by atoms with van der Waals surface area (Å²) in [6, 6.07) is 15.5. The number of aryl methyl sites for hydroxylation is 2. The van der Waals surface area contributed by atoms with E-state index in [-0.39, 0.29) is 0 Å². The fourth-order valence-electron chi connectivity index (χ4n) is 3.32. The summed E-state index contributed by atoms with van der Waals surface area (Å²) in [5.41, 5.74) is 7.19. The lowest BCUT2D eigenvalue weighted by molar-refractivity contribution is 0.593. The topological polar surface area (TPSA) is 0 Å². The summed E-state index contributed by atoms with van der Waals surface area (Å²) in [4.78, 5) is 0. The lowest BCUT2D eigenvalue weighted by Crippen LogP contribution is -2.03. The van der Waals surface area contributed by atoms with E-state index in [0.717, 1.165) is 12.8 Å². The van der Waals surface area contributed by atoms with Crippen molar-refractivity contribution in [3.8, 4) is 0 Å². The zero-order valence-corrected chi connectivity index (χ0v) is 14.5. The minimum atomic E-state index is 0.385. The Balaban J connectivity index is 2.04. The van der Waals surface area contributed by atoms with Gasteiger partial charge in [-0.1, -0.05) is 56.3 Å². The molecule has 0 aliphatic rings. The van der Waals surface area contributed by atoms with Gasteiger partial charge in [-0.15, -0.1) is 0 Å². The molecule has 117 valence electrons. The Hall–Kier alpha value is -1.56. The SMILES string of the molecule is [CH2]C(CCC(C)c1ccccc1CC)c1cccc(C)c1C. The molecule has 0 amide bonds. The molecule has 0 aliphatic carbocycles.